The number of aliphatic hydroxyl groups excluding tert-OH is 1. The average molecular weight is 245 g/mol. The van der Waals surface area contributed by atoms with Gasteiger partial charge in [-0.1, -0.05) is 11.6 Å². The van der Waals surface area contributed by atoms with Gasteiger partial charge in [0.05, 0.1) is 11.9 Å². The van der Waals surface area contributed by atoms with Crippen molar-refractivity contribution in [2.45, 2.75) is 12.2 Å². The van der Waals surface area contributed by atoms with E-state index >= 15 is 0 Å². The molecule has 1 aromatic rings. The molecule has 1 aromatic carbocycles. The second kappa shape index (κ2) is 6.16. The number of thioether (sulfide) groups is 1. The van der Waals surface area contributed by atoms with Crippen molar-refractivity contribution in [1.82, 2.24) is 0 Å². The number of ketones is 1. The Kier molecular flexibility index (Phi) is 5.15. The first kappa shape index (κ1) is 12.6. The van der Waals surface area contributed by atoms with Crippen molar-refractivity contribution in [2.75, 3.05) is 12.4 Å². The molecule has 82 valence electrons. The summed E-state index contributed by atoms with van der Waals surface area (Å²) >= 11 is 7.18. The first-order chi connectivity index (χ1) is 7.15. The van der Waals surface area contributed by atoms with Crippen molar-refractivity contribution in [3.63, 3.8) is 0 Å². The van der Waals surface area contributed by atoms with Crippen LogP contribution in [0.15, 0.2) is 24.3 Å². The number of benzene rings is 1. The van der Waals surface area contributed by atoms with Gasteiger partial charge in [-0.15, -0.1) is 11.8 Å². The molecule has 0 aliphatic heterocycles. The zero-order valence-corrected chi connectivity index (χ0v) is 10.0. The van der Waals surface area contributed by atoms with Crippen molar-refractivity contribution in [3.8, 4) is 0 Å². The summed E-state index contributed by atoms with van der Waals surface area (Å²) in [5.41, 5.74) is 0.664. The molecular formula is C11H13ClO2S. The van der Waals surface area contributed by atoms with Crippen LogP contribution in [-0.4, -0.2) is 28.5 Å². The molecule has 0 saturated carbocycles. The molecule has 0 aliphatic carbocycles. The quantitative estimate of drug-likeness (QED) is 0.810. The van der Waals surface area contributed by atoms with Gasteiger partial charge in [0, 0.05) is 16.3 Å². The Morgan fingerprint density at radius 3 is 2.60 bits per heavy atom. The second-order valence-corrected chi connectivity index (χ2v) is 4.99. The van der Waals surface area contributed by atoms with Crippen LogP contribution < -0.4 is 0 Å². The van der Waals surface area contributed by atoms with Gasteiger partial charge in [-0.2, -0.15) is 0 Å². The summed E-state index contributed by atoms with van der Waals surface area (Å²) in [7, 11) is 0. The molecule has 1 atom stereocenters. The van der Waals surface area contributed by atoms with Crippen LogP contribution >= 0.6 is 23.4 Å². The molecule has 0 heterocycles. The van der Waals surface area contributed by atoms with Crippen LogP contribution in [-0.2, 0) is 0 Å². The van der Waals surface area contributed by atoms with E-state index in [0.717, 1.165) is 0 Å². The van der Waals surface area contributed by atoms with Crippen LogP contribution in [0.2, 0.25) is 5.02 Å². The minimum Gasteiger partial charge on any atom is -0.396 e. The van der Waals surface area contributed by atoms with Gasteiger partial charge < -0.3 is 5.11 Å². The third-order valence-corrected chi connectivity index (χ3v) is 3.34. The number of Topliss-reactive ketones (excluding diaryl/α,β-unsaturated/α-hetero) is 1. The summed E-state index contributed by atoms with van der Waals surface area (Å²) in [6.45, 7) is 1.94. The van der Waals surface area contributed by atoms with Gasteiger partial charge in [-0.3, -0.25) is 4.79 Å². The van der Waals surface area contributed by atoms with Crippen LogP contribution in [0.5, 0.6) is 0 Å². The molecule has 4 heteroatoms. The highest BCUT2D eigenvalue weighted by molar-refractivity contribution is 8.00. The summed E-state index contributed by atoms with van der Waals surface area (Å²) in [6, 6.07) is 6.86. The molecule has 0 amide bonds. The maximum Gasteiger partial charge on any atom is 0.175 e. The van der Waals surface area contributed by atoms with Crippen molar-refractivity contribution in [1.29, 1.82) is 0 Å². The number of hydrogen-bond acceptors (Lipinski definition) is 3. The van der Waals surface area contributed by atoms with Gasteiger partial charge in [0.25, 0.3) is 0 Å². The lowest BCUT2D eigenvalue weighted by molar-refractivity contribution is 0.0994. The summed E-state index contributed by atoms with van der Waals surface area (Å²) in [4.78, 5) is 11.8. The van der Waals surface area contributed by atoms with E-state index in [4.69, 9.17) is 16.7 Å². The molecule has 2 nitrogen and oxygen atoms in total. The summed E-state index contributed by atoms with van der Waals surface area (Å²) < 4.78 is 0. The van der Waals surface area contributed by atoms with Crippen molar-refractivity contribution in [2.24, 2.45) is 0 Å². The molecule has 15 heavy (non-hydrogen) atoms. The minimum absolute atomic E-state index is 0.0742. The van der Waals surface area contributed by atoms with Gasteiger partial charge in [0.1, 0.15) is 0 Å². The lowest BCUT2D eigenvalue weighted by atomic mass is 10.1. The van der Waals surface area contributed by atoms with Crippen molar-refractivity contribution >= 4 is 29.1 Å². The Bertz CT molecular complexity index is 324. The molecule has 0 saturated heterocycles. The largest absolute Gasteiger partial charge is 0.396 e. The van der Waals surface area contributed by atoms with Gasteiger partial charge in [-0.25, -0.2) is 0 Å². The Balaban J connectivity index is 2.63. The number of halogens is 1. The van der Waals surface area contributed by atoms with Crippen LogP contribution in [0.25, 0.3) is 0 Å². The molecule has 0 fully saturated rings. The summed E-state index contributed by atoms with van der Waals surface area (Å²) in [5.74, 6) is 0.658. The molecule has 1 rings (SSSR count). The zero-order valence-electron chi connectivity index (χ0n) is 8.44. The van der Waals surface area contributed by atoms with E-state index < -0.39 is 0 Å². The van der Waals surface area contributed by atoms with Gasteiger partial charge in [-0.05, 0) is 31.2 Å². The van der Waals surface area contributed by atoms with E-state index in [2.05, 4.69) is 0 Å². The molecule has 0 aliphatic rings. The third kappa shape index (κ3) is 3.86. The summed E-state index contributed by atoms with van der Waals surface area (Å²) in [6.07, 6.45) is 0. The standard InChI is InChI=1S/C11H13ClO2S/c1-8(15-7-6-13)11(14)9-2-4-10(12)5-3-9/h2-5,8,13H,6-7H2,1H3. The van der Waals surface area contributed by atoms with Gasteiger partial charge in [0.2, 0.25) is 0 Å². The van der Waals surface area contributed by atoms with E-state index in [1.54, 1.807) is 24.3 Å². The maximum absolute atomic E-state index is 11.8. The van der Waals surface area contributed by atoms with Crippen LogP contribution in [0, 0.1) is 0 Å². The van der Waals surface area contributed by atoms with Crippen molar-refractivity contribution < 1.29 is 9.90 Å². The minimum atomic E-state index is -0.127. The van der Waals surface area contributed by atoms with Crippen LogP contribution in [0.1, 0.15) is 17.3 Å². The highest BCUT2D eigenvalue weighted by Gasteiger charge is 2.14. The Hall–Kier alpha value is -0.510. The summed E-state index contributed by atoms with van der Waals surface area (Å²) in [5, 5.41) is 9.15. The van der Waals surface area contributed by atoms with Crippen molar-refractivity contribution in [3.05, 3.63) is 34.9 Å². The fourth-order valence-corrected chi connectivity index (χ4v) is 2.03. The number of rotatable bonds is 5. The lowest BCUT2D eigenvalue weighted by Gasteiger charge is -2.09. The predicted octanol–water partition coefficient (Wildman–Crippen LogP) is 2.64. The van der Waals surface area contributed by atoms with Crippen LogP contribution in [0.3, 0.4) is 0 Å². The Labute approximate surface area is 98.6 Å². The molecule has 1 N–H and O–H groups in total. The van der Waals surface area contributed by atoms with E-state index in [-0.39, 0.29) is 17.6 Å². The fourth-order valence-electron chi connectivity index (χ4n) is 1.15. The lowest BCUT2D eigenvalue weighted by Crippen LogP contribution is -2.14. The van der Waals surface area contributed by atoms with Gasteiger partial charge in [0.15, 0.2) is 5.78 Å². The molecule has 0 spiro atoms. The molecular weight excluding hydrogens is 232 g/mol. The number of aliphatic hydroxyl groups is 1. The van der Waals surface area contributed by atoms with E-state index in [0.29, 0.717) is 16.3 Å². The highest BCUT2D eigenvalue weighted by atomic mass is 35.5. The fraction of sp³-hybridized carbons (Fsp3) is 0.364. The number of hydrogen-bond donors (Lipinski definition) is 1. The van der Waals surface area contributed by atoms with Gasteiger partial charge >= 0.3 is 0 Å². The number of carbonyl (C=O) groups is 1. The highest BCUT2D eigenvalue weighted by Crippen LogP contribution is 2.17. The monoisotopic (exact) mass is 244 g/mol. The molecule has 1 unspecified atom stereocenters. The van der Waals surface area contributed by atoms with Crippen LogP contribution in [0.4, 0.5) is 0 Å². The topological polar surface area (TPSA) is 37.3 Å². The number of carbonyl (C=O) groups excluding carboxylic acids is 1. The molecule has 0 bridgehead atoms. The predicted molar refractivity (Wildman–Crippen MR) is 64.8 cm³/mol. The maximum atomic E-state index is 11.8. The zero-order chi connectivity index (χ0) is 11.3. The second-order valence-electron chi connectivity index (χ2n) is 3.11. The third-order valence-electron chi connectivity index (χ3n) is 1.96. The molecule has 0 aromatic heterocycles. The first-order valence-electron chi connectivity index (χ1n) is 4.67. The first-order valence-corrected chi connectivity index (χ1v) is 6.10. The van der Waals surface area contributed by atoms with E-state index in [1.165, 1.54) is 11.8 Å². The SMILES string of the molecule is CC(SCCO)C(=O)c1ccc(Cl)cc1. The van der Waals surface area contributed by atoms with E-state index in [9.17, 15) is 4.79 Å². The normalized spacial score (nSPS) is 12.5. The smallest absolute Gasteiger partial charge is 0.175 e. The Morgan fingerprint density at radius 1 is 1.47 bits per heavy atom. The van der Waals surface area contributed by atoms with E-state index in [1.807, 2.05) is 6.92 Å². The Morgan fingerprint density at radius 2 is 2.07 bits per heavy atom. The molecule has 0 radical (unpaired) electrons. The average Bonchev–Trinajstić information content (AvgIpc) is 2.26.